The van der Waals surface area contributed by atoms with Crippen molar-refractivity contribution in [3.05, 3.63) is 10.6 Å². The van der Waals surface area contributed by atoms with Gasteiger partial charge in [0.2, 0.25) is 0 Å². The third kappa shape index (κ3) is 2.25. The van der Waals surface area contributed by atoms with Crippen molar-refractivity contribution < 1.29 is 19.1 Å². The Labute approximate surface area is 84.0 Å². The molecule has 76 valence electrons. The van der Waals surface area contributed by atoms with E-state index >= 15 is 0 Å². The molecule has 6 nitrogen and oxygen atoms in total. The van der Waals surface area contributed by atoms with Crippen molar-refractivity contribution in [2.75, 3.05) is 14.2 Å². The van der Waals surface area contributed by atoms with Crippen LogP contribution in [-0.4, -0.2) is 35.7 Å². The Morgan fingerprint density at radius 3 is 2.64 bits per heavy atom. The molecular weight excluding hydrogens is 208 g/mol. The van der Waals surface area contributed by atoms with E-state index in [1.165, 1.54) is 14.2 Å². The van der Waals surface area contributed by atoms with Gasteiger partial charge in [0.1, 0.15) is 5.69 Å². The maximum Gasteiger partial charge on any atom is 0.351 e. The topological polar surface area (TPSA) is 78.4 Å². The summed E-state index contributed by atoms with van der Waals surface area (Å²) in [6.07, 6.45) is -0.0720. The van der Waals surface area contributed by atoms with Crippen molar-refractivity contribution in [1.82, 2.24) is 9.59 Å². The standard InChI is InChI=1S/C7H8N2O4S/c1-12-5(10)3-4-6(7(11)13-2)14-9-8-4/h3H2,1-2H3. The molecule has 0 N–H and O–H groups in total. The minimum Gasteiger partial charge on any atom is -0.469 e. The molecular formula is C7H8N2O4S. The first kappa shape index (κ1) is 10.6. The number of hydrogen-bond acceptors (Lipinski definition) is 7. The molecule has 1 rings (SSSR count). The molecule has 0 bridgehead atoms. The lowest BCUT2D eigenvalue weighted by Gasteiger charge is -1.97. The lowest BCUT2D eigenvalue weighted by Crippen LogP contribution is -2.09. The molecule has 0 aliphatic heterocycles. The molecule has 7 heteroatoms. The van der Waals surface area contributed by atoms with Gasteiger partial charge < -0.3 is 9.47 Å². The van der Waals surface area contributed by atoms with E-state index in [2.05, 4.69) is 19.1 Å². The predicted octanol–water partition coefficient (Wildman–Crippen LogP) is 0.0402. The fraction of sp³-hybridized carbons (Fsp3) is 0.429. The van der Waals surface area contributed by atoms with E-state index in [9.17, 15) is 9.59 Å². The van der Waals surface area contributed by atoms with Gasteiger partial charge in [-0.3, -0.25) is 4.79 Å². The van der Waals surface area contributed by atoms with Gasteiger partial charge in [0, 0.05) is 0 Å². The summed E-state index contributed by atoms with van der Waals surface area (Å²) in [4.78, 5) is 22.3. The highest BCUT2D eigenvalue weighted by Crippen LogP contribution is 2.12. The van der Waals surface area contributed by atoms with Crippen LogP contribution in [0.5, 0.6) is 0 Å². The van der Waals surface area contributed by atoms with Crippen molar-refractivity contribution >= 4 is 23.5 Å². The van der Waals surface area contributed by atoms with Gasteiger partial charge in [-0.15, -0.1) is 5.10 Å². The number of carbonyl (C=O) groups excluding carboxylic acids is 2. The molecule has 0 atom stereocenters. The van der Waals surface area contributed by atoms with Crippen LogP contribution >= 0.6 is 11.5 Å². The van der Waals surface area contributed by atoms with E-state index in [0.717, 1.165) is 11.5 Å². The molecule has 1 aromatic heterocycles. The number of ether oxygens (including phenoxy) is 2. The summed E-state index contributed by atoms with van der Waals surface area (Å²) in [6.45, 7) is 0. The van der Waals surface area contributed by atoms with Gasteiger partial charge >= 0.3 is 11.9 Å². The molecule has 0 saturated carbocycles. The van der Waals surface area contributed by atoms with Gasteiger partial charge in [0.15, 0.2) is 4.88 Å². The van der Waals surface area contributed by atoms with Crippen LogP contribution < -0.4 is 0 Å². The Bertz CT molecular complexity index is 349. The number of carbonyl (C=O) groups is 2. The highest BCUT2D eigenvalue weighted by molar-refractivity contribution is 7.07. The maximum atomic E-state index is 11.1. The highest BCUT2D eigenvalue weighted by Gasteiger charge is 2.19. The van der Waals surface area contributed by atoms with Gasteiger partial charge in [0.05, 0.1) is 20.6 Å². The predicted molar refractivity (Wildman–Crippen MR) is 47.0 cm³/mol. The van der Waals surface area contributed by atoms with Crippen LogP contribution in [0.15, 0.2) is 0 Å². The lowest BCUT2D eigenvalue weighted by atomic mass is 10.3. The molecule has 0 spiro atoms. The van der Waals surface area contributed by atoms with Gasteiger partial charge in [0.25, 0.3) is 0 Å². The fourth-order valence-electron chi connectivity index (χ4n) is 0.781. The number of nitrogens with zero attached hydrogens (tertiary/aromatic N) is 2. The zero-order chi connectivity index (χ0) is 10.6. The second-order valence-electron chi connectivity index (χ2n) is 2.29. The first-order valence-electron chi connectivity index (χ1n) is 3.65. The minimum absolute atomic E-state index is 0.0720. The second-order valence-corrected chi connectivity index (χ2v) is 3.05. The SMILES string of the molecule is COC(=O)Cc1nnsc1C(=O)OC. The summed E-state index contributed by atoms with van der Waals surface area (Å²) in [5.74, 6) is -1.01. The van der Waals surface area contributed by atoms with Crippen LogP contribution in [0.3, 0.4) is 0 Å². The van der Waals surface area contributed by atoms with Crippen LogP contribution in [-0.2, 0) is 20.7 Å². The Morgan fingerprint density at radius 1 is 1.36 bits per heavy atom. The van der Waals surface area contributed by atoms with E-state index in [0.29, 0.717) is 0 Å². The number of esters is 2. The van der Waals surface area contributed by atoms with Crippen molar-refractivity contribution in [1.29, 1.82) is 0 Å². The van der Waals surface area contributed by atoms with E-state index in [1.807, 2.05) is 0 Å². The van der Waals surface area contributed by atoms with Crippen LogP contribution in [0, 0.1) is 0 Å². The Balaban J connectivity index is 2.82. The van der Waals surface area contributed by atoms with Crippen molar-refractivity contribution in [2.24, 2.45) is 0 Å². The summed E-state index contributed by atoms with van der Waals surface area (Å²) in [7, 11) is 2.52. The van der Waals surface area contributed by atoms with Crippen LogP contribution in [0.25, 0.3) is 0 Å². The first-order valence-corrected chi connectivity index (χ1v) is 4.42. The van der Waals surface area contributed by atoms with Crippen molar-refractivity contribution in [3.8, 4) is 0 Å². The molecule has 0 radical (unpaired) electrons. The number of hydrogen-bond donors (Lipinski definition) is 0. The highest BCUT2D eigenvalue weighted by atomic mass is 32.1. The number of methoxy groups -OCH3 is 2. The quantitative estimate of drug-likeness (QED) is 0.664. The lowest BCUT2D eigenvalue weighted by molar-refractivity contribution is -0.139. The largest absolute Gasteiger partial charge is 0.469 e. The fourth-order valence-corrected chi connectivity index (χ4v) is 1.38. The Kier molecular flexibility index (Phi) is 3.52. The Hall–Kier alpha value is -1.50. The van der Waals surface area contributed by atoms with Gasteiger partial charge in [-0.1, -0.05) is 4.49 Å². The normalized spacial score (nSPS) is 9.57. The van der Waals surface area contributed by atoms with Crippen molar-refractivity contribution in [3.63, 3.8) is 0 Å². The molecule has 0 amide bonds. The van der Waals surface area contributed by atoms with E-state index in [-0.39, 0.29) is 17.0 Å². The summed E-state index contributed by atoms with van der Waals surface area (Å²) in [5.41, 5.74) is 0.286. The molecule has 1 heterocycles. The van der Waals surface area contributed by atoms with Gasteiger partial charge in [-0.25, -0.2) is 4.79 Å². The van der Waals surface area contributed by atoms with Crippen LogP contribution in [0.1, 0.15) is 15.4 Å². The average molecular weight is 216 g/mol. The third-order valence-corrected chi connectivity index (χ3v) is 2.21. The summed E-state index contributed by atoms with van der Waals surface area (Å²) in [5, 5.41) is 3.64. The molecule has 0 aliphatic rings. The van der Waals surface area contributed by atoms with Crippen LogP contribution in [0.2, 0.25) is 0 Å². The van der Waals surface area contributed by atoms with E-state index in [4.69, 9.17) is 0 Å². The molecule has 0 aliphatic carbocycles. The zero-order valence-corrected chi connectivity index (χ0v) is 8.46. The summed E-state index contributed by atoms with van der Waals surface area (Å²) < 4.78 is 12.5. The molecule has 0 saturated heterocycles. The molecule has 0 aromatic carbocycles. The van der Waals surface area contributed by atoms with Crippen molar-refractivity contribution in [2.45, 2.75) is 6.42 Å². The summed E-state index contributed by atoms with van der Waals surface area (Å²) >= 11 is 0.891. The first-order chi connectivity index (χ1) is 6.69. The molecule has 0 unspecified atom stereocenters. The second kappa shape index (κ2) is 4.66. The number of rotatable bonds is 3. The zero-order valence-electron chi connectivity index (χ0n) is 7.64. The minimum atomic E-state index is -0.543. The molecule has 0 fully saturated rings. The van der Waals surface area contributed by atoms with E-state index in [1.54, 1.807) is 0 Å². The Morgan fingerprint density at radius 2 is 2.07 bits per heavy atom. The molecule has 1 aromatic rings. The average Bonchev–Trinajstić information content (AvgIpc) is 2.64. The van der Waals surface area contributed by atoms with Gasteiger partial charge in [-0.2, -0.15) is 0 Å². The smallest absolute Gasteiger partial charge is 0.351 e. The maximum absolute atomic E-state index is 11.1. The summed E-state index contributed by atoms with van der Waals surface area (Å²) in [6, 6.07) is 0. The number of aromatic nitrogens is 2. The van der Waals surface area contributed by atoms with Gasteiger partial charge in [-0.05, 0) is 11.5 Å². The van der Waals surface area contributed by atoms with E-state index < -0.39 is 11.9 Å². The third-order valence-electron chi connectivity index (χ3n) is 1.47. The monoisotopic (exact) mass is 216 g/mol. The van der Waals surface area contributed by atoms with Crippen LogP contribution in [0.4, 0.5) is 0 Å². The molecule has 14 heavy (non-hydrogen) atoms.